The summed E-state index contributed by atoms with van der Waals surface area (Å²) < 4.78 is 31.2. The zero-order valence-corrected chi connectivity index (χ0v) is 13.5. The van der Waals surface area contributed by atoms with Crippen LogP contribution >= 0.6 is 0 Å². The molecular weight excluding hydrogens is 302 g/mol. The number of carbonyl (C=O) groups is 1. The topological polar surface area (TPSA) is 63.7 Å². The standard InChI is InChI=1S/C16H19NO4S/c1-3-10-17(12-16(18)21-2)22(19,20)15-9-8-13-6-4-5-7-14(13)11-15/h4-9,11H,3,10,12H2,1-2H3. The number of benzene rings is 2. The van der Waals surface area contributed by atoms with Gasteiger partial charge in [-0.3, -0.25) is 4.79 Å². The number of hydrogen-bond acceptors (Lipinski definition) is 4. The summed E-state index contributed by atoms with van der Waals surface area (Å²) in [5.74, 6) is -0.571. The number of hydrogen-bond donors (Lipinski definition) is 0. The Balaban J connectivity index is 2.41. The molecule has 0 saturated heterocycles. The number of carbonyl (C=O) groups excluding carboxylic acids is 1. The molecule has 0 atom stereocenters. The lowest BCUT2D eigenvalue weighted by Gasteiger charge is -2.20. The molecule has 2 rings (SSSR count). The molecule has 0 amide bonds. The third kappa shape index (κ3) is 3.45. The first-order chi connectivity index (χ1) is 10.5. The van der Waals surface area contributed by atoms with Crippen LogP contribution in [0.15, 0.2) is 47.4 Å². The first kappa shape index (κ1) is 16.5. The highest BCUT2D eigenvalue weighted by atomic mass is 32.2. The minimum absolute atomic E-state index is 0.184. The Kier molecular flexibility index (Phi) is 5.15. The van der Waals surface area contributed by atoms with Gasteiger partial charge in [0.15, 0.2) is 0 Å². The highest BCUT2D eigenvalue weighted by Crippen LogP contribution is 2.22. The van der Waals surface area contributed by atoms with Crippen molar-refractivity contribution in [1.29, 1.82) is 0 Å². The van der Waals surface area contributed by atoms with Gasteiger partial charge in [-0.05, 0) is 29.3 Å². The highest BCUT2D eigenvalue weighted by molar-refractivity contribution is 7.89. The van der Waals surface area contributed by atoms with Gasteiger partial charge in [-0.15, -0.1) is 0 Å². The highest BCUT2D eigenvalue weighted by Gasteiger charge is 2.26. The molecule has 5 nitrogen and oxygen atoms in total. The van der Waals surface area contributed by atoms with Crippen molar-refractivity contribution in [3.8, 4) is 0 Å². The summed E-state index contributed by atoms with van der Waals surface area (Å²) in [6, 6.07) is 12.5. The van der Waals surface area contributed by atoms with Crippen molar-refractivity contribution in [3.63, 3.8) is 0 Å². The Morgan fingerprint density at radius 3 is 2.45 bits per heavy atom. The molecule has 0 aliphatic heterocycles. The van der Waals surface area contributed by atoms with Gasteiger partial charge in [-0.2, -0.15) is 4.31 Å². The van der Waals surface area contributed by atoms with Gasteiger partial charge in [0.05, 0.1) is 12.0 Å². The molecule has 2 aromatic carbocycles. The number of ether oxygens (including phenoxy) is 1. The first-order valence-corrected chi connectivity index (χ1v) is 8.49. The number of methoxy groups -OCH3 is 1. The maximum atomic E-state index is 12.7. The van der Waals surface area contributed by atoms with E-state index in [1.807, 2.05) is 31.2 Å². The zero-order valence-electron chi connectivity index (χ0n) is 12.7. The Morgan fingerprint density at radius 1 is 1.14 bits per heavy atom. The van der Waals surface area contributed by atoms with E-state index in [1.165, 1.54) is 7.11 Å². The molecule has 0 saturated carbocycles. The molecule has 0 aliphatic carbocycles. The molecule has 0 spiro atoms. The summed E-state index contributed by atoms with van der Waals surface area (Å²) in [7, 11) is -2.48. The third-order valence-electron chi connectivity index (χ3n) is 3.36. The molecule has 0 fully saturated rings. The van der Waals surface area contributed by atoms with E-state index >= 15 is 0 Å². The van der Waals surface area contributed by atoms with Gasteiger partial charge in [0.25, 0.3) is 0 Å². The van der Waals surface area contributed by atoms with Crippen LogP contribution in [-0.4, -0.2) is 38.9 Å². The predicted molar refractivity (Wildman–Crippen MR) is 85.0 cm³/mol. The van der Waals surface area contributed by atoms with Crippen LogP contribution in [0.2, 0.25) is 0 Å². The van der Waals surface area contributed by atoms with Crippen LogP contribution in [0.3, 0.4) is 0 Å². The summed E-state index contributed by atoms with van der Waals surface area (Å²) >= 11 is 0. The second-order valence-electron chi connectivity index (χ2n) is 4.92. The molecule has 0 aromatic heterocycles. The van der Waals surface area contributed by atoms with Gasteiger partial charge in [-0.1, -0.05) is 37.3 Å². The number of nitrogens with zero attached hydrogens (tertiary/aromatic N) is 1. The molecule has 0 N–H and O–H groups in total. The zero-order chi connectivity index (χ0) is 16.2. The van der Waals surface area contributed by atoms with Crippen LogP contribution in [0.25, 0.3) is 10.8 Å². The van der Waals surface area contributed by atoms with Crippen LogP contribution in [0.4, 0.5) is 0 Å². The van der Waals surface area contributed by atoms with Crippen LogP contribution in [0.5, 0.6) is 0 Å². The fourth-order valence-electron chi connectivity index (χ4n) is 2.22. The van der Waals surface area contributed by atoms with E-state index in [0.717, 1.165) is 15.1 Å². The van der Waals surface area contributed by atoms with Crippen LogP contribution in [0.1, 0.15) is 13.3 Å². The van der Waals surface area contributed by atoms with Crippen molar-refractivity contribution in [2.75, 3.05) is 20.2 Å². The Labute approximate surface area is 130 Å². The van der Waals surface area contributed by atoms with Crippen molar-refractivity contribution in [3.05, 3.63) is 42.5 Å². The number of rotatable bonds is 6. The van der Waals surface area contributed by atoms with E-state index in [4.69, 9.17) is 0 Å². The van der Waals surface area contributed by atoms with Gasteiger partial charge in [0.2, 0.25) is 10.0 Å². The number of esters is 1. The van der Waals surface area contributed by atoms with E-state index in [9.17, 15) is 13.2 Å². The summed E-state index contributed by atoms with van der Waals surface area (Å²) in [6.07, 6.45) is 0.615. The van der Waals surface area contributed by atoms with Crippen LogP contribution in [0, 0.1) is 0 Å². The summed E-state index contributed by atoms with van der Waals surface area (Å²) in [5.41, 5.74) is 0. The van der Waals surface area contributed by atoms with Gasteiger partial charge >= 0.3 is 5.97 Å². The molecule has 118 valence electrons. The average molecular weight is 321 g/mol. The lowest BCUT2D eigenvalue weighted by Crippen LogP contribution is -2.36. The molecular formula is C16H19NO4S. The fraction of sp³-hybridized carbons (Fsp3) is 0.312. The second kappa shape index (κ2) is 6.89. The maximum absolute atomic E-state index is 12.7. The molecule has 22 heavy (non-hydrogen) atoms. The fourth-order valence-corrected chi connectivity index (χ4v) is 3.73. The average Bonchev–Trinajstić information content (AvgIpc) is 2.53. The molecule has 6 heteroatoms. The minimum Gasteiger partial charge on any atom is -0.468 e. The molecule has 0 radical (unpaired) electrons. The molecule has 0 aliphatic rings. The Hall–Kier alpha value is -1.92. The summed E-state index contributed by atoms with van der Waals surface area (Å²) in [5, 5.41) is 1.81. The van der Waals surface area contributed by atoms with Gasteiger partial charge < -0.3 is 4.74 Å². The van der Waals surface area contributed by atoms with Crippen molar-refractivity contribution < 1.29 is 17.9 Å². The predicted octanol–water partition coefficient (Wildman–Crippen LogP) is 2.41. The van der Waals surface area contributed by atoms with E-state index in [1.54, 1.807) is 18.2 Å². The van der Waals surface area contributed by atoms with Crippen molar-refractivity contribution in [2.24, 2.45) is 0 Å². The summed E-state index contributed by atoms with van der Waals surface area (Å²) in [4.78, 5) is 11.6. The number of sulfonamides is 1. The third-order valence-corrected chi connectivity index (χ3v) is 5.21. The van der Waals surface area contributed by atoms with E-state index in [0.29, 0.717) is 6.42 Å². The maximum Gasteiger partial charge on any atom is 0.321 e. The van der Waals surface area contributed by atoms with E-state index < -0.39 is 16.0 Å². The van der Waals surface area contributed by atoms with Gasteiger partial charge in [-0.25, -0.2) is 8.42 Å². The van der Waals surface area contributed by atoms with Crippen LogP contribution < -0.4 is 0 Å². The second-order valence-corrected chi connectivity index (χ2v) is 6.86. The lowest BCUT2D eigenvalue weighted by atomic mass is 10.1. The summed E-state index contributed by atoms with van der Waals surface area (Å²) in [6.45, 7) is 1.85. The SMILES string of the molecule is CCCN(CC(=O)OC)S(=O)(=O)c1ccc2ccccc2c1. The van der Waals surface area contributed by atoms with E-state index in [-0.39, 0.29) is 18.0 Å². The normalized spacial score (nSPS) is 11.8. The number of fused-ring (bicyclic) bond motifs is 1. The molecule has 0 heterocycles. The molecule has 0 unspecified atom stereocenters. The van der Waals surface area contributed by atoms with Crippen molar-refractivity contribution in [2.45, 2.75) is 18.2 Å². The minimum atomic E-state index is -3.73. The first-order valence-electron chi connectivity index (χ1n) is 7.05. The monoisotopic (exact) mass is 321 g/mol. The van der Waals surface area contributed by atoms with Gasteiger partial charge in [0, 0.05) is 6.54 Å². The lowest BCUT2D eigenvalue weighted by molar-refractivity contribution is -0.140. The van der Waals surface area contributed by atoms with Crippen molar-refractivity contribution >= 4 is 26.8 Å². The smallest absolute Gasteiger partial charge is 0.321 e. The largest absolute Gasteiger partial charge is 0.468 e. The van der Waals surface area contributed by atoms with Gasteiger partial charge in [0.1, 0.15) is 6.54 Å². The Bertz CT molecular complexity index is 771. The Morgan fingerprint density at radius 2 is 1.82 bits per heavy atom. The van der Waals surface area contributed by atoms with E-state index in [2.05, 4.69) is 4.74 Å². The van der Waals surface area contributed by atoms with Crippen LogP contribution in [-0.2, 0) is 19.6 Å². The molecule has 0 bridgehead atoms. The van der Waals surface area contributed by atoms with Crippen molar-refractivity contribution in [1.82, 2.24) is 4.31 Å². The quantitative estimate of drug-likeness (QED) is 0.767. The molecule has 2 aromatic rings.